The smallest absolute Gasteiger partial charge is 0.314 e. The first kappa shape index (κ1) is 22.7. The zero-order valence-corrected chi connectivity index (χ0v) is 17.8. The molecule has 1 saturated heterocycles. The van der Waals surface area contributed by atoms with E-state index in [-0.39, 0.29) is 24.2 Å². The lowest BCUT2D eigenvalue weighted by Gasteiger charge is -2.16. The summed E-state index contributed by atoms with van der Waals surface area (Å²) < 4.78 is 13.1. The molecule has 1 aliphatic heterocycles. The SMILES string of the molecule is O=C(Cc1cccc(F)c1)NCCNC(=O)NCC1CCN(CCc2ccccc2)C1. The summed E-state index contributed by atoms with van der Waals surface area (Å²) in [5.41, 5.74) is 1.98. The number of hydrogen-bond donors (Lipinski definition) is 3. The zero-order chi connectivity index (χ0) is 21.9. The minimum atomic E-state index is -0.356. The van der Waals surface area contributed by atoms with Crippen molar-refractivity contribution in [3.63, 3.8) is 0 Å². The lowest BCUT2D eigenvalue weighted by atomic mass is 10.1. The van der Waals surface area contributed by atoms with Crippen molar-refractivity contribution in [2.45, 2.75) is 19.3 Å². The highest BCUT2D eigenvalue weighted by molar-refractivity contribution is 5.78. The molecule has 6 nitrogen and oxygen atoms in total. The summed E-state index contributed by atoms with van der Waals surface area (Å²) in [5.74, 6) is -0.0907. The predicted molar refractivity (Wildman–Crippen MR) is 119 cm³/mol. The Bertz CT molecular complexity index is 846. The van der Waals surface area contributed by atoms with Crippen molar-refractivity contribution in [3.05, 3.63) is 71.5 Å². The van der Waals surface area contributed by atoms with Crippen molar-refractivity contribution in [2.24, 2.45) is 5.92 Å². The molecule has 1 atom stereocenters. The van der Waals surface area contributed by atoms with Crippen molar-refractivity contribution in [3.8, 4) is 0 Å². The van der Waals surface area contributed by atoms with E-state index in [2.05, 4.69) is 45.1 Å². The van der Waals surface area contributed by atoms with Crippen molar-refractivity contribution < 1.29 is 14.0 Å². The maximum absolute atomic E-state index is 13.1. The Labute approximate surface area is 183 Å². The van der Waals surface area contributed by atoms with Crippen LogP contribution >= 0.6 is 0 Å². The van der Waals surface area contributed by atoms with Gasteiger partial charge in [0.2, 0.25) is 5.91 Å². The number of halogens is 1. The standard InChI is InChI=1S/C24H31FN4O2/c25-22-8-4-7-20(15-22)16-23(30)26-11-12-27-24(31)28-17-21-10-14-29(18-21)13-9-19-5-2-1-3-6-19/h1-8,15,21H,9-14,16-18H2,(H,26,30)(H2,27,28,31). The van der Waals surface area contributed by atoms with Gasteiger partial charge in [-0.15, -0.1) is 0 Å². The van der Waals surface area contributed by atoms with E-state index in [1.165, 1.54) is 17.7 Å². The van der Waals surface area contributed by atoms with Gasteiger partial charge in [-0.2, -0.15) is 0 Å². The summed E-state index contributed by atoms with van der Waals surface area (Å²) in [4.78, 5) is 26.3. The van der Waals surface area contributed by atoms with Gasteiger partial charge in [-0.25, -0.2) is 9.18 Å². The predicted octanol–water partition coefficient (Wildman–Crippen LogP) is 2.35. The fraction of sp³-hybridized carbons (Fsp3) is 0.417. The number of benzene rings is 2. The van der Waals surface area contributed by atoms with Gasteiger partial charge in [0.05, 0.1) is 6.42 Å². The average molecular weight is 427 g/mol. The molecule has 0 spiro atoms. The van der Waals surface area contributed by atoms with Crippen LogP contribution in [0, 0.1) is 11.7 Å². The molecule has 1 unspecified atom stereocenters. The van der Waals surface area contributed by atoms with Crippen molar-refractivity contribution >= 4 is 11.9 Å². The number of nitrogens with zero attached hydrogens (tertiary/aromatic N) is 1. The highest BCUT2D eigenvalue weighted by atomic mass is 19.1. The van der Waals surface area contributed by atoms with E-state index >= 15 is 0 Å². The molecule has 0 bridgehead atoms. The van der Waals surface area contributed by atoms with Gasteiger partial charge in [0.15, 0.2) is 0 Å². The molecule has 0 saturated carbocycles. The van der Waals surface area contributed by atoms with E-state index in [9.17, 15) is 14.0 Å². The second-order valence-electron chi connectivity index (χ2n) is 7.98. The second-order valence-corrected chi connectivity index (χ2v) is 7.98. The number of rotatable bonds is 10. The third-order valence-corrected chi connectivity index (χ3v) is 5.47. The number of hydrogen-bond acceptors (Lipinski definition) is 3. The number of urea groups is 1. The van der Waals surface area contributed by atoms with Crippen molar-refractivity contribution in [2.75, 3.05) is 39.3 Å². The highest BCUT2D eigenvalue weighted by Crippen LogP contribution is 2.16. The molecule has 0 aromatic heterocycles. The molecule has 166 valence electrons. The van der Waals surface area contributed by atoms with Crippen LogP contribution in [0.4, 0.5) is 9.18 Å². The van der Waals surface area contributed by atoms with Crippen LogP contribution in [0.3, 0.4) is 0 Å². The summed E-state index contributed by atoms with van der Waals surface area (Å²) >= 11 is 0. The molecule has 3 N–H and O–H groups in total. The number of carbonyl (C=O) groups excluding carboxylic acids is 2. The van der Waals surface area contributed by atoms with E-state index in [4.69, 9.17) is 0 Å². The van der Waals surface area contributed by atoms with E-state index < -0.39 is 0 Å². The zero-order valence-electron chi connectivity index (χ0n) is 17.8. The van der Waals surface area contributed by atoms with Gasteiger partial charge in [-0.05, 0) is 48.6 Å². The molecular weight excluding hydrogens is 395 g/mol. The van der Waals surface area contributed by atoms with Crippen LogP contribution < -0.4 is 16.0 Å². The lowest BCUT2D eigenvalue weighted by Crippen LogP contribution is -2.42. The summed E-state index contributed by atoms with van der Waals surface area (Å²) in [6.45, 7) is 4.44. The van der Waals surface area contributed by atoms with Crippen molar-refractivity contribution in [1.29, 1.82) is 0 Å². The fourth-order valence-corrected chi connectivity index (χ4v) is 3.79. The van der Waals surface area contributed by atoms with E-state index in [1.54, 1.807) is 12.1 Å². The lowest BCUT2D eigenvalue weighted by molar-refractivity contribution is -0.120. The number of nitrogens with one attached hydrogen (secondary N) is 3. The van der Waals surface area contributed by atoms with Gasteiger partial charge >= 0.3 is 6.03 Å². The van der Waals surface area contributed by atoms with Crippen molar-refractivity contribution in [1.82, 2.24) is 20.9 Å². The van der Waals surface area contributed by atoms with Crippen LogP contribution in [-0.2, 0) is 17.6 Å². The molecular formula is C24H31FN4O2. The largest absolute Gasteiger partial charge is 0.354 e. The molecule has 1 aliphatic rings. The van der Waals surface area contributed by atoms with Crippen LogP contribution in [-0.4, -0.2) is 56.1 Å². The summed E-state index contributed by atoms with van der Waals surface area (Å²) in [7, 11) is 0. The molecule has 1 heterocycles. The average Bonchev–Trinajstić information content (AvgIpc) is 3.22. The Kier molecular flexibility index (Phi) is 8.84. The first-order chi connectivity index (χ1) is 15.1. The van der Waals surface area contributed by atoms with Crippen LogP contribution in [0.15, 0.2) is 54.6 Å². The van der Waals surface area contributed by atoms with Crippen LogP contribution in [0.25, 0.3) is 0 Å². The Morgan fingerprint density at radius 1 is 0.968 bits per heavy atom. The topological polar surface area (TPSA) is 73.5 Å². The Hall–Kier alpha value is -2.93. The van der Waals surface area contributed by atoms with Crippen LogP contribution in [0.5, 0.6) is 0 Å². The first-order valence-electron chi connectivity index (χ1n) is 10.9. The fourth-order valence-electron chi connectivity index (χ4n) is 3.79. The van der Waals surface area contributed by atoms with Gasteiger partial charge in [0, 0.05) is 32.7 Å². The second kappa shape index (κ2) is 12.1. The molecule has 31 heavy (non-hydrogen) atoms. The number of amides is 3. The Morgan fingerprint density at radius 3 is 2.55 bits per heavy atom. The minimum absolute atomic E-state index is 0.117. The van der Waals surface area contributed by atoms with E-state index in [0.29, 0.717) is 31.1 Å². The first-order valence-corrected chi connectivity index (χ1v) is 10.9. The third-order valence-electron chi connectivity index (χ3n) is 5.47. The summed E-state index contributed by atoms with van der Waals surface area (Å²) in [6, 6.07) is 16.2. The van der Waals surface area contributed by atoms with Gasteiger partial charge in [-0.3, -0.25) is 4.79 Å². The van der Waals surface area contributed by atoms with E-state index in [0.717, 1.165) is 32.5 Å². The molecule has 3 rings (SSSR count). The maximum Gasteiger partial charge on any atom is 0.314 e. The highest BCUT2D eigenvalue weighted by Gasteiger charge is 2.22. The summed E-state index contributed by atoms with van der Waals surface area (Å²) in [6.07, 6.45) is 2.25. The summed E-state index contributed by atoms with van der Waals surface area (Å²) in [5, 5.41) is 8.40. The van der Waals surface area contributed by atoms with Gasteiger partial charge in [0.25, 0.3) is 0 Å². The quantitative estimate of drug-likeness (QED) is 0.511. The molecule has 1 fully saturated rings. The molecule has 2 aromatic rings. The normalized spacial score (nSPS) is 16.1. The third kappa shape index (κ3) is 8.38. The number of likely N-dealkylation sites (tertiary alicyclic amines) is 1. The van der Waals surface area contributed by atoms with Gasteiger partial charge in [-0.1, -0.05) is 42.5 Å². The monoisotopic (exact) mass is 426 g/mol. The van der Waals surface area contributed by atoms with E-state index in [1.807, 2.05) is 6.07 Å². The van der Waals surface area contributed by atoms with Gasteiger partial charge < -0.3 is 20.9 Å². The maximum atomic E-state index is 13.1. The molecule has 0 aliphatic carbocycles. The molecule has 3 amide bonds. The molecule has 2 aromatic carbocycles. The molecule has 0 radical (unpaired) electrons. The Morgan fingerprint density at radius 2 is 1.74 bits per heavy atom. The number of carbonyl (C=O) groups is 2. The minimum Gasteiger partial charge on any atom is -0.354 e. The van der Waals surface area contributed by atoms with Gasteiger partial charge in [0.1, 0.15) is 5.82 Å². The van der Waals surface area contributed by atoms with Crippen LogP contribution in [0.1, 0.15) is 17.5 Å². The van der Waals surface area contributed by atoms with Crippen LogP contribution in [0.2, 0.25) is 0 Å². The molecule has 7 heteroatoms. The Balaban J connectivity index is 1.22.